The molecule has 0 heterocycles. The molecule has 0 aliphatic heterocycles. The maximum atomic E-state index is 12.3. The highest BCUT2D eigenvalue weighted by atomic mass is 16.2. The van der Waals surface area contributed by atoms with E-state index in [0.29, 0.717) is 13.0 Å². The zero-order valence-corrected chi connectivity index (χ0v) is 12.1. The van der Waals surface area contributed by atoms with Gasteiger partial charge in [-0.05, 0) is 24.9 Å². The van der Waals surface area contributed by atoms with Crippen molar-refractivity contribution in [3.8, 4) is 0 Å². The quantitative estimate of drug-likeness (QED) is 0.783. The molecule has 0 aliphatic rings. The summed E-state index contributed by atoms with van der Waals surface area (Å²) in [5.41, 5.74) is 6.99. The number of benzene rings is 1. The van der Waals surface area contributed by atoms with Gasteiger partial charge in [-0.2, -0.15) is 0 Å². The molecule has 0 saturated heterocycles. The number of hydrogen-bond donors (Lipinski definition) is 1. The van der Waals surface area contributed by atoms with Gasteiger partial charge in [-0.15, -0.1) is 0 Å². The van der Waals surface area contributed by atoms with Gasteiger partial charge in [0.1, 0.15) is 0 Å². The van der Waals surface area contributed by atoms with Crippen LogP contribution in [0.3, 0.4) is 0 Å². The topological polar surface area (TPSA) is 46.3 Å². The molecule has 1 aromatic carbocycles. The highest BCUT2D eigenvalue weighted by molar-refractivity contribution is 5.77. The van der Waals surface area contributed by atoms with Crippen molar-refractivity contribution in [2.24, 2.45) is 5.73 Å². The third-order valence-electron chi connectivity index (χ3n) is 3.32. The first-order chi connectivity index (χ1) is 9.22. The van der Waals surface area contributed by atoms with E-state index < -0.39 is 0 Å². The summed E-state index contributed by atoms with van der Waals surface area (Å²) in [6.07, 6.45) is 2.52. The average molecular weight is 262 g/mol. The van der Waals surface area contributed by atoms with E-state index in [1.54, 1.807) is 0 Å². The van der Waals surface area contributed by atoms with Crippen molar-refractivity contribution < 1.29 is 4.79 Å². The Hall–Kier alpha value is -1.35. The molecule has 1 rings (SSSR count). The van der Waals surface area contributed by atoms with Crippen LogP contribution < -0.4 is 5.73 Å². The predicted molar refractivity (Wildman–Crippen MR) is 80.0 cm³/mol. The highest BCUT2D eigenvalue weighted by Gasteiger charge is 2.18. The van der Waals surface area contributed by atoms with Crippen molar-refractivity contribution >= 4 is 5.91 Å². The van der Waals surface area contributed by atoms with Crippen molar-refractivity contribution in [2.45, 2.75) is 39.0 Å². The molecular weight excluding hydrogens is 236 g/mol. The Morgan fingerprint density at radius 3 is 2.21 bits per heavy atom. The summed E-state index contributed by atoms with van der Waals surface area (Å²) in [5.74, 6) is 0.355. The minimum absolute atomic E-state index is 0.130. The second kappa shape index (κ2) is 8.70. The molecule has 3 nitrogen and oxygen atoms in total. The van der Waals surface area contributed by atoms with Gasteiger partial charge in [-0.25, -0.2) is 0 Å². The Morgan fingerprint density at radius 1 is 1.16 bits per heavy atom. The number of carbonyl (C=O) groups is 1. The van der Waals surface area contributed by atoms with E-state index in [1.807, 2.05) is 23.1 Å². The molecule has 3 heteroatoms. The van der Waals surface area contributed by atoms with Gasteiger partial charge in [0.05, 0.1) is 0 Å². The molecule has 0 bridgehead atoms. The second-order valence-electron chi connectivity index (χ2n) is 4.93. The first-order valence-electron chi connectivity index (χ1n) is 7.25. The van der Waals surface area contributed by atoms with Crippen LogP contribution in [0, 0.1) is 0 Å². The fraction of sp³-hybridized carbons (Fsp3) is 0.562. The monoisotopic (exact) mass is 262 g/mol. The lowest BCUT2D eigenvalue weighted by Crippen LogP contribution is -2.34. The van der Waals surface area contributed by atoms with Gasteiger partial charge in [0.15, 0.2) is 0 Å². The molecule has 0 fully saturated rings. The van der Waals surface area contributed by atoms with Crippen LogP contribution in [0.5, 0.6) is 0 Å². The molecule has 1 atom stereocenters. The molecule has 106 valence electrons. The summed E-state index contributed by atoms with van der Waals surface area (Å²) in [6.45, 7) is 6.42. The first kappa shape index (κ1) is 15.7. The zero-order chi connectivity index (χ0) is 14.1. The zero-order valence-electron chi connectivity index (χ0n) is 12.1. The Balaban J connectivity index is 2.66. The fourth-order valence-electron chi connectivity index (χ4n) is 2.30. The van der Waals surface area contributed by atoms with Crippen LogP contribution in [0.15, 0.2) is 30.3 Å². The third-order valence-corrected chi connectivity index (χ3v) is 3.32. The van der Waals surface area contributed by atoms with Gasteiger partial charge >= 0.3 is 0 Å². The molecule has 0 saturated carbocycles. The van der Waals surface area contributed by atoms with Gasteiger partial charge in [-0.1, -0.05) is 44.2 Å². The van der Waals surface area contributed by atoms with Crippen molar-refractivity contribution in [1.82, 2.24) is 4.90 Å². The van der Waals surface area contributed by atoms with Crippen molar-refractivity contribution in [1.29, 1.82) is 0 Å². The molecule has 1 aromatic rings. The molecule has 0 radical (unpaired) electrons. The third kappa shape index (κ3) is 5.03. The van der Waals surface area contributed by atoms with Crippen LogP contribution in [0.2, 0.25) is 0 Å². The summed E-state index contributed by atoms with van der Waals surface area (Å²) < 4.78 is 0. The molecule has 2 N–H and O–H groups in total. The van der Waals surface area contributed by atoms with Gasteiger partial charge in [0.25, 0.3) is 0 Å². The number of carbonyl (C=O) groups excluding carboxylic acids is 1. The maximum Gasteiger partial charge on any atom is 0.223 e. The van der Waals surface area contributed by atoms with E-state index in [2.05, 4.69) is 26.0 Å². The summed E-state index contributed by atoms with van der Waals surface area (Å²) in [7, 11) is 0. The fourth-order valence-corrected chi connectivity index (χ4v) is 2.30. The molecule has 1 unspecified atom stereocenters. The van der Waals surface area contributed by atoms with Gasteiger partial charge < -0.3 is 10.6 Å². The maximum absolute atomic E-state index is 12.3. The normalized spacial score (nSPS) is 12.2. The number of nitrogens with two attached hydrogens (primary N) is 1. The molecule has 19 heavy (non-hydrogen) atoms. The second-order valence-corrected chi connectivity index (χ2v) is 4.93. The Labute approximate surface area is 116 Å². The Morgan fingerprint density at radius 2 is 1.74 bits per heavy atom. The average Bonchev–Trinajstić information content (AvgIpc) is 2.45. The van der Waals surface area contributed by atoms with E-state index in [9.17, 15) is 4.79 Å². The van der Waals surface area contributed by atoms with E-state index >= 15 is 0 Å². The minimum Gasteiger partial charge on any atom is -0.343 e. The van der Waals surface area contributed by atoms with E-state index in [4.69, 9.17) is 5.73 Å². The van der Waals surface area contributed by atoms with E-state index in [-0.39, 0.29) is 11.8 Å². The molecule has 1 amide bonds. The lowest BCUT2D eigenvalue weighted by Gasteiger charge is -2.24. The van der Waals surface area contributed by atoms with Gasteiger partial charge in [0.2, 0.25) is 5.91 Å². The van der Waals surface area contributed by atoms with Gasteiger partial charge in [-0.3, -0.25) is 4.79 Å². The SMILES string of the molecule is CCCN(CCC)C(=O)CC(CN)c1ccccc1. The Bertz CT molecular complexity index is 358. The van der Waals surface area contributed by atoms with Crippen LogP contribution in [0.4, 0.5) is 0 Å². The van der Waals surface area contributed by atoms with Crippen molar-refractivity contribution in [3.05, 3.63) is 35.9 Å². The lowest BCUT2D eigenvalue weighted by molar-refractivity contribution is -0.131. The van der Waals surface area contributed by atoms with E-state index in [1.165, 1.54) is 0 Å². The van der Waals surface area contributed by atoms with Crippen LogP contribution in [-0.4, -0.2) is 30.4 Å². The van der Waals surface area contributed by atoms with E-state index in [0.717, 1.165) is 31.5 Å². The number of nitrogens with zero attached hydrogens (tertiary/aromatic N) is 1. The highest BCUT2D eigenvalue weighted by Crippen LogP contribution is 2.19. The summed E-state index contributed by atoms with van der Waals surface area (Å²) in [6, 6.07) is 10.1. The largest absolute Gasteiger partial charge is 0.343 e. The standard InChI is InChI=1S/C16H26N2O/c1-3-10-18(11-4-2)16(19)12-15(13-17)14-8-6-5-7-9-14/h5-9,15H,3-4,10-13,17H2,1-2H3. The first-order valence-corrected chi connectivity index (χ1v) is 7.25. The molecular formula is C16H26N2O. The lowest BCUT2D eigenvalue weighted by atomic mass is 9.95. The van der Waals surface area contributed by atoms with Crippen molar-refractivity contribution in [2.75, 3.05) is 19.6 Å². The van der Waals surface area contributed by atoms with Crippen molar-refractivity contribution in [3.63, 3.8) is 0 Å². The Kier molecular flexibility index (Phi) is 7.19. The number of hydrogen-bond acceptors (Lipinski definition) is 2. The predicted octanol–water partition coefficient (Wildman–Crippen LogP) is 2.77. The minimum atomic E-state index is 0.130. The molecule has 0 aromatic heterocycles. The summed E-state index contributed by atoms with van der Waals surface area (Å²) >= 11 is 0. The molecule has 0 aliphatic carbocycles. The van der Waals surface area contributed by atoms with Gasteiger partial charge in [0, 0.05) is 25.4 Å². The number of rotatable bonds is 8. The van der Waals surface area contributed by atoms with Crippen LogP contribution >= 0.6 is 0 Å². The van der Waals surface area contributed by atoms with Crippen LogP contribution in [0.25, 0.3) is 0 Å². The van der Waals surface area contributed by atoms with Crippen LogP contribution in [-0.2, 0) is 4.79 Å². The smallest absolute Gasteiger partial charge is 0.223 e. The molecule has 0 spiro atoms. The number of amides is 1. The summed E-state index contributed by atoms with van der Waals surface area (Å²) in [4.78, 5) is 14.3. The van der Waals surface area contributed by atoms with Crippen LogP contribution in [0.1, 0.15) is 44.6 Å². The summed E-state index contributed by atoms with van der Waals surface area (Å²) in [5, 5.41) is 0.